The molecule has 2 aliphatic rings. The minimum absolute atomic E-state index is 0.0990. The van der Waals surface area contributed by atoms with E-state index in [1.807, 2.05) is 13.0 Å². The predicted octanol–water partition coefficient (Wildman–Crippen LogP) is 2.44. The smallest absolute Gasteiger partial charge is 0.338 e. The van der Waals surface area contributed by atoms with Gasteiger partial charge in [-0.05, 0) is 19.8 Å². The van der Waals surface area contributed by atoms with Crippen LogP contribution in [0.2, 0.25) is 0 Å². The maximum Gasteiger partial charge on any atom is 0.338 e. The fourth-order valence-electron chi connectivity index (χ4n) is 2.37. The topological polar surface area (TPSA) is 26.3 Å². The van der Waals surface area contributed by atoms with Gasteiger partial charge < -0.3 is 4.74 Å². The quantitative estimate of drug-likeness (QED) is 0.457. The van der Waals surface area contributed by atoms with Gasteiger partial charge in [0.1, 0.15) is 6.10 Å². The lowest BCUT2D eigenvalue weighted by molar-refractivity contribution is -0.161. The van der Waals surface area contributed by atoms with E-state index in [2.05, 4.69) is 0 Å². The first-order chi connectivity index (χ1) is 6.33. The number of hydrogen-bond donors (Lipinski definition) is 0. The zero-order chi connectivity index (χ0) is 9.26. The van der Waals surface area contributed by atoms with Crippen LogP contribution in [0.1, 0.15) is 39.0 Å². The van der Waals surface area contributed by atoms with Crippen molar-refractivity contribution in [2.45, 2.75) is 45.1 Å². The van der Waals surface area contributed by atoms with Crippen LogP contribution in [0.15, 0.2) is 11.6 Å². The molecule has 1 heterocycles. The van der Waals surface area contributed by atoms with E-state index in [4.69, 9.17) is 4.74 Å². The zero-order valence-electron chi connectivity index (χ0n) is 8.08. The van der Waals surface area contributed by atoms with Crippen molar-refractivity contribution in [3.8, 4) is 0 Å². The maximum absolute atomic E-state index is 11.0. The summed E-state index contributed by atoms with van der Waals surface area (Å²) in [5, 5.41) is 0. The lowest BCUT2D eigenvalue weighted by atomic mass is 9.80. The van der Waals surface area contributed by atoms with E-state index in [9.17, 15) is 4.79 Å². The molecule has 0 bridgehead atoms. The number of carbonyl (C=O) groups excluding carboxylic acids is 1. The van der Waals surface area contributed by atoms with Crippen LogP contribution in [0.4, 0.5) is 0 Å². The third kappa shape index (κ3) is 1.50. The van der Waals surface area contributed by atoms with E-state index in [0.29, 0.717) is 5.92 Å². The lowest BCUT2D eigenvalue weighted by Gasteiger charge is -2.37. The Kier molecular flexibility index (Phi) is 2.38. The second-order valence-electron chi connectivity index (χ2n) is 3.97. The number of hydrogen-bond acceptors (Lipinski definition) is 2. The standard InChI is InChI=1S/C11H16O2/c1-2-9-10(13-11(9)12)8-6-4-3-5-7-8/h2,8,10H,3-7H2,1H3/b9-2-/t10-/m0/s1. The molecular formula is C11H16O2. The molecule has 2 heteroatoms. The van der Waals surface area contributed by atoms with Crippen LogP contribution in [-0.4, -0.2) is 12.1 Å². The van der Waals surface area contributed by atoms with Gasteiger partial charge in [0.15, 0.2) is 0 Å². The molecular weight excluding hydrogens is 164 g/mol. The number of esters is 1. The van der Waals surface area contributed by atoms with Crippen LogP contribution in [0.3, 0.4) is 0 Å². The predicted molar refractivity (Wildman–Crippen MR) is 50.2 cm³/mol. The minimum atomic E-state index is -0.0990. The van der Waals surface area contributed by atoms with E-state index in [1.54, 1.807) is 0 Å². The molecule has 0 radical (unpaired) electrons. The summed E-state index contributed by atoms with van der Waals surface area (Å²) in [6.07, 6.45) is 8.46. The highest BCUT2D eigenvalue weighted by atomic mass is 16.6. The Balaban J connectivity index is 1.98. The Morgan fingerprint density at radius 2 is 2.00 bits per heavy atom. The van der Waals surface area contributed by atoms with Crippen molar-refractivity contribution in [1.29, 1.82) is 0 Å². The van der Waals surface area contributed by atoms with Crippen LogP contribution in [0, 0.1) is 5.92 Å². The Hall–Kier alpha value is -0.790. The number of cyclic esters (lactones) is 1. The molecule has 0 unspecified atom stereocenters. The molecule has 2 fully saturated rings. The summed E-state index contributed by atoms with van der Waals surface area (Å²) in [7, 11) is 0. The van der Waals surface area contributed by atoms with Crippen molar-refractivity contribution < 1.29 is 9.53 Å². The van der Waals surface area contributed by atoms with Gasteiger partial charge >= 0.3 is 5.97 Å². The van der Waals surface area contributed by atoms with Crippen LogP contribution >= 0.6 is 0 Å². The highest BCUT2D eigenvalue weighted by molar-refractivity contribution is 5.95. The van der Waals surface area contributed by atoms with Gasteiger partial charge in [0.2, 0.25) is 0 Å². The number of rotatable bonds is 1. The van der Waals surface area contributed by atoms with Crippen molar-refractivity contribution in [2.24, 2.45) is 5.92 Å². The van der Waals surface area contributed by atoms with Crippen molar-refractivity contribution in [3.63, 3.8) is 0 Å². The summed E-state index contributed by atoms with van der Waals surface area (Å²) >= 11 is 0. The highest BCUT2D eigenvalue weighted by Crippen LogP contribution is 2.36. The molecule has 13 heavy (non-hydrogen) atoms. The van der Waals surface area contributed by atoms with Crippen LogP contribution in [-0.2, 0) is 9.53 Å². The summed E-state index contributed by atoms with van der Waals surface area (Å²) < 4.78 is 5.17. The molecule has 1 atom stereocenters. The van der Waals surface area contributed by atoms with Crippen molar-refractivity contribution >= 4 is 5.97 Å². The minimum Gasteiger partial charge on any atom is -0.453 e. The van der Waals surface area contributed by atoms with Gasteiger partial charge in [0.25, 0.3) is 0 Å². The fourth-order valence-corrected chi connectivity index (χ4v) is 2.37. The molecule has 0 aromatic rings. The Morgan fingerprint density at radius 1 is 1.31 bits per heavy atom. The van der Waals surface area contributed by atoms with E-state index in [0.717, 1.165) is 5.57 Å². The second-order valence-corrected chi connectivity index (χ2v) is 3.97. The number of ether oxygens (including phenoxy) is 1. The zero-order valence-corrected chi connectivity index (χ0v) is 8.08. The van der Waals surface area contributed by atoms with Gasteiger partial charge in [-0.3, -0.25) is 0 Å². The molecule has 0 aromatic carbocycles. The lowest BCUT2D eigenvalue weighted by Crippen LogP contribution is -2.42. The third-order valence-corrected chi connectivity index (χ3v) is 3.17. The molecule has 1 saturated heterocycles. The molecule has 0 N–H and O–H groups in total. The number of carbonyl (C=O) groups is 1. The fraction of sp³-hybridized carbons (Fsp3) is 0.727. The summed E-state index contributed by atoms with van der Waals surface area (Å²) in [5.41, 5.74) is 0.909. The molecule has 1 saturated carbocycles. The van der Waals surface area contributed by atoms with Gasteiger partial charge in [-0.2, -0.15) is 0 Å². The van der Waals surface area contributed by atoms with Gasteiger partial charge in [-0.15, -0.1) is 0 Å². The van der Waals surface area contributed by atoms with E-state index in [-0.39, 0.29) is 12.1 Å². The second kappa shape index (κ2) is 3.52. The van der Waals surface area contributed by atoms with Crippen LogP contribution in [0.25, 0.3) is 0 Å². The average Bonchev–Trinajstić information content (AvgIpc) is 2.16. The molecule has 72 valence electrons. The molecule has 2 rings (SSSR count). The van der Waals surface area contributed by atoms with Crippen LogP contribution < -0.4 is 0 Å². The van der Waals surface area contributed by atoms with Crippen molar-refractivity contribution in [2.75, 3.05) is 0 Å². The van der Waals surface area contributed by atoms with Gasteiger partial charge in [-0.1, -0.05) is 25.3 Å². The van der Waals surface area contributed by atoms with E-state index < -0.39 is 0 Å². The molecule has 1 aliphatic heterocycles. The molecule has 0 spiro atoms. The summed E-state index contributed by atoms with van der Waals surface area (Å²) in [5.74, 6) is 0.510. The van der Waals surface area contributed by atoms with Crippen LogP contribution in [0.5, 0.6) is 0 Å². The van der Waals surface area contributed by atoms with Gasteiger partial charge in [0.05, 0.1) is 5.57 Å². The first-order valence-electron chi connectivity index (χ1n) is 5.20. The molecule has 0 amide bonds. The molecule has 2 nitrogen and oxygen atoms in total. The summed E-state index contributed by atoms with van der Waals surface area (Å²) in [6.45, 7) is 1.92. The highest BCUT2D eigenvalue weighted by Gasteiger charge is 2.40. The average molecular weight is 180 g/mol. The van der Waals surface area contributed by atoms with Crippen molar-refractivity contribution in [1.82, 2.24) is 0 Å². The number of allylic oxidation sites excluding steroid dienone is 1. The first kappa shape index (κ1) is 8.79. The normalized spacial score (nSPS) is 32.8. The summed E-state index contributed by atoms with van der Waals surface area (Å²) in [6, 6.07) is 0. The van der Waals surface area contributed by atoms with E-state index in [1.165, 1.54) is 32.1 Å². The molecule has 1 aliphatic carbocycles. The van der Waals surface area contributed by atoms with Gasteiger partial charge in [-0.25, -0.2) is 4.79 Å². The summed E-state index contributed by atoms with van der Waals surface area (Å²) in [4.78, 5) is 11.0. The maximum atomic E-state index is 11.0. The molecule has 0 aromatic heterocycles. The Bertz CT molecular complexity index is 236. The first-order valence-corrected chi connectivity index (χ1v) is 5.20. The van der Waals surface area contributed by atoms with Crippen molar-refractivity contribution in [3.05, 3.63) is 11.6 Å². The monoisotopic (exact) mass is 180 g/mol. The largest absolute Gasteiger partial charge is 0.453 e. The third-order valence-electron chi connectivity index (χ3n) is 3.17. The SMILES string of the molecule is C/C=C1\C(=O)O[C@H]1C1CCCCC1. The van der Waals surface area contributed by atoms with Gasteiger partial charge in [0, 0.05) is 5.92 Å². The Morgan fingerprint density at radius 3 is 2.54 bits per heavy atom. The Labute approximate surface area is 79.0 Å². The van der Waals surface area contributed by atoms with E-state index >= 15 is 0 Å².